The zero-order chi connectivity index (χ0) is 17.2. The highest BCUT2D eigenvalue weighted by Gasteiger charge is 2.22. The number of halogens is 2. The van der Waals surface area contributed by atoms with Crippen molar-refractivity contribution in [2.24, 2.45) is 0 Å². The summed E-state index contributed by atoms with van der Waals surface area (Å²) in [6, 6.07) is 13.5. The second-order valence-electron chi connectivity index (χ2n) is 7.25. The van der Waals surface area contributed by atoms with E-state index < -0.39 is 0 Å². The molecule has 2 heteroatoms. The van der Waals surface area contributed by atoms with Crippen LogP contribution in [0.5, 0.6) is 0 Å². The van der Waals surface area contributed by atoms with Crippen molar-refractivity contribution in [2.75, 3.05) is 0 Å². The molecule has 0 bridgehead atoms. The summed E-state index contributed by atoms with van der Waals surface area (Å²) in [5.41, 5.74) is 2.83. The lowest BCUT2D eigenvalue weighted by molar-refractivity contribution is 0.864. The molecule has 0 spiro atoms. The molecule has 0 heterocycles. The molecule has 0 fully saturated rings. The first-order valence-corrected chi connectivity index (χ1v) is 10.1. The van der Waals surface area contributed by atoms with Crippen molar-refractivity contribution in [3.05, 3.63) is 56.5 Å². The molecule has 0 aromatic heterocycles. The maximum Gasteiger partial charge on any atom is 0.0297 e. The first kappa shape index (κ1) is 16.4. The van der Waals surface area contributed by atoms with Crippen LogP contribution in [0.15, 0.2) is 45.3 Å². The van der Waals surface area contributed by atoms with Crippen LogP contribution in [-0.2, 0) is 0 Å². The van der Waals surface area contributed by atoms with Crippen molar-refractivity contribution in [3.63, 3.8) is 0 Å². The van der Waals surface area contributed by atoms with Gasteiger partial charge < -0.3 is 0 Å². The summed E-state index contributed by atoms with van der Waals surface area (Å²) >= 11 is 7.81. The lowest BCUT2D eigenvalue weighted by atomic mass is 9.84. The van der Waals surface area contributed by atoms with Gasteiger partial charge in [-0.25, -0.2) is 0 Å². The van der Waals surface area contributed by atoms with Crippen molar-refractivity contribution in [1.29, 1.82) is 0 Å². The second-order valence-corrected chi connectivity index (χ2v) is 8.90. The molecule has 0 unspecified atom stereocenters. The smallest absolute Gasteiger partial charge is 0.0297 e. The predicted octanol–water partition coefficient (Wildman–Crippen LogP) is 8.36. The van der Waals surface area contributed by atoms with Gasteiger partial charge in [-0.2, -0.15) is 0 Å². The Balaban J connectivity index is 2.43. The Labute approximate surface area is 159 Å². The van der Waals surface area contributed by atoms with Gasteiger partial charge in [0.15, 0.2) is 0 Å². The third-order valence-corrected chi connectivity index (χ3v) is 6.55. The Hall–Kier alpha value is -1.12. The standard InChI is InChI=1S/C22H20Br2/c1-11(2)16-10-17(23)14-9-8-13-6-5-7-15-18(12(3)4)22(24)21(16)20(14)19(13)15/h5-12H,1-4H3. The van der Waals surface area contributed by atoms with Crippen molar-refractivity contribution >= 4 is 64.2 Å². The molecule has 122 valence electrons. The van der Waals surface area contributed by atoms with Gasteiger partial charge in [0.2, 0.25) is 0 Å². The molecule has 0 amide bonds. The third kappa shape index (κ3) is 2.16. The summed E-state index contributed by atoms with van der Waals surface area (Å²) in [5.74, 6) is 0.944. The van der Waals surface area contributed by atoms with Gasteiger partial charge in [-0.15, -0.1) is 0 Å². The molecule has 24 heavy (non-hydrogen) atoms. The van der Waals surface area contributed by atoms with Crippen LogP contribution < -0.4 is 0 Å². The van der Waals surface area contributed by atoms with Crippen molar-refractivity contribution in [2.45, 2.75) is 39.5 Å². The number of benzene rings is 4. The second kappa shape index (κ2) is 5.71. The van der Waals surface area contributed by atoms with Crippen LogP contribution in [0.25, 0.3) is 32.3 Å². The minimum atomic E-state index is 0.469. The van der Waals surface area contributed by atoms with Gasteiger partial charge in [-0.3, -0.25) is 0 Å². The zero-order valence-electron chi connectivity index (χ0n) is 14.4. The van der Waals surface area contributed by atoms with Crippen LogP contribution in [0.4, 0.5) is 0 Å². The first-order chi connectivity index (χ1) is 11.4. The van der Waals surface area contributed by atoms with E-state index in [0.29, 0.717) is 11.8 Å². The van der Waals surface area contributed by atoms with Crippen LogP contribution in [0.3, 0.4) is 0 Å². The Morgan fingerprint density at radius 3 is 2.17 bits per heavy atom. The summed E-state index contributed by atoms with van der Waals surface area (Å²) in [4.78, 5) is 0. The summed E-state index contributed by atoms with van der Waals surface area (Å²) in [6.45, 7) is 9.13. The topological polar surface area (TPSA) is 0 Å². The van der Waals surface area contributed by atoms with E-state index >= 15 is 0 Å². The molecular formula is C22H20Br2. The monoisotopic (exact) mass is 442 g/mol. The van der Waals surface area contributed by atoms with Gasteiger partial charge in [0.05, 0.1) is 0 Å². The van der Waals surface area contributed by atoms with Crippen molar-refractivity contribution in [1.82, 2.24) is 0 Å². The lowest BCUT2D eigenvalue weighted by Gasteiger charge is -2.23. The fourth-order valence-corrected chi connectivity index (χ4v) is 5.68. The number of hydrogen-bond acceptors (Lipinski definition) is 0. The quantitative estimate of drug-likeness (QED) is 0.273. The molecule has 4 rings (SSSR count). The Bertz CT molecular complexity index is 1070. The summed E-state index contributed by atoms with van der Waals surface area (Å²) in [6.07, 6.45) is 0. The molecule has 0 atom stereocenters. The highest BCUT2D eigenvalue weighted by molar-refractivity contribution is 9.11. The highest BCUT2D eigenvalue weighted by Crippen LogP contribution is 2.48. The van der Waals surface area contributed by atoms with E-state index in [1.807, 2.05) is 0 Å². The molecule has 0 nitrogen and oxygen atoms in total. The van der Waals surface area contributed by atoms with E-state index in [4.69, 9.17) is 0 Å². The van der Waals surface area contributed by atoms with Gasteiger partial charge in [0.1, 0.15) is 0 Å². The van der Waals surface area contributed by atoms with E-state index in [2.05, 4.69) is 96.0 Å². The van der Waals surface area contributed by atoms with Crippen LogP contribution in [0.1, 0.15) is 50.7 Å². The van der Waals surface area contributed by atoms with E-state index in [1.165, 1.54) is 52.4 Å². The third-order valence-electron chi connectivity index (χ3n) is 5.07. The van der Waals surface area contributed by atoms with Gasteiger partial charge in [-0.05, 0) is 71.9 Å². The van der Waals surface area contributed by atoms with Crippen molar-refractivity contribution in [3.8, 4) is 0 Å². The molecule has 0 radical (unpaired) electrons. The van der Waals surface area contributed by atoms with Gasteiger partial charge >= 0.3 is 0 Å². The molecule has 0 aliphatic heterocycles. The molecule has 0 saturated carbocycles. The van der Waals surface area contributed by atoms with E-state index in [9.17, 15) is 0 Å². The first-order valence-electron chi connectivity index (χ1n) is 8.50. The Morgan fingerprint density at radius 1 is 0.750 bits per heavy atom. The molecule has 4 aromatic rings. The summed E-state index contributed by atoms with van der Waals surface area (Å²) in [5, 5.41) is 8.18. The van der Waals surface area contributed by atoms with E-state index in [-0.39, 0.29) is 0 Å². The maximum absolute atomic E-state index is 3.99. The van der Waals surface area contributed by atoms with Crippen LogP contribution in [0.2, 0.25) is 0 Å². The minimum absolute atomic E-state index is 0.469. The SMILES string of the molecule is CC(C)c1c(Br)c2c(C(C)C)cc(Br)c3ccc4cccc1c4c32. The van der Waals surface area contributed by atoms with Crippen LogP contribution in [-0.4, -0.2) is 0 Å². The fraction of sp³-hybridized carbons (Fsp3) is 0.273. The van der Waals surface area contributed by atoms with Gasteiger partial charge in [0, 0.05) is 14.3 Å². The van der Waals surface area contributed by atoms with E-state index in [1.54, 1.807) is 0 Å². The van der Waals surface area contributed by atoms with E-state index in [0.717, 1.165) is 0 Å². The molecule has 4 aromatic carbocycles. The zero-order valence-corrected chi connectivity index (χ0v) is 17.5. The van der Waals surface area contributed by atoms with Crippen LogP contribution in [0, 0.1) is 0 Å². The maximum atomic E-state index is 3.99. The minimum Gasteiger partial charge on any atom is -0.0610 e. The molecule has 0 aliphatic rings. The normalized spacial score (nSPS) is 12.5. The molecular weight excluding hydrogens is 424 g/mol. The lowest BCUT2D eigenvalue weighted by Crippen LogP contribution is -1.99. The molecule has 0 N–H and O–H groups in total. The van der Waals surface area contributed by atoms with Gasteiger partial charge in [0.25, 0.3) is 0 Å². The average Bonchev–Trinajstić information content (AvgIpc) is 2.53. The number of hydrogen-bond donors (Lipinski definition) is 0. The van der Waals surface area contributed by atoms with Crippen molar-refractivity contribution < 1.29 is 0 Å². The molecule has 0 saturated heterocycles. The average molecular weight is 444 g/mol. The number of rotatable bonds is 2. The highest BCUT2D eigenvalue weighted by atomic mass is 79.9. The Morgan fingerprint density at radius 2 is 1.50 bits per heavy atom. The van der Waals surface area contributed by atoms with Crippen LogP contribution >= 0.6 is 31.9 Å². The predicted molar refractivity (Wildman–Crippen MR) is 114 cm³/mol. The van der Waals surface area contributed by atoms with Gasteiger partial charge in [-0.1, -0.05) is 74.0 Å². The summed E-state index contributed by atoms with van der Waals surface area (Å²) < 4.78 is 2.46. The molecule has 0 aliphatic carbocycles. The largest absolute Gasteiger partial charge is 0.0610 e. The fourth-order valence-electron chi connectivity index (χ4n) is 4.00. The summed E-state index contributed by atoms with van der Waals surface area (Å²) in [7, 11) is 0. The Kier molecular flexibility index (Phi) is 3.89.